The summed E-state index contributed by atoms with van der Waals surface area (Å²) in [4.78, 5) is -0.0788. The smallest absolute Gasteiger partial charge is 0.297 e. The molecule has 0 unspecified atom stereocenters. The molecule has 0 heterocycles. The lowest BCUT2D eigenvalue weighted by Crippen LogP contribution is -2.33. The van der Waals surface area contributed by atoms with E-state index in [-0.39, 0.29) is 23.7 Å². The molecule has 0 spiro atoms. The Morgan fingerprint density at radius 2 is 1.87 bits per heavy atom. The van der Waals surface area contributed by atoms with Crippen LogP contribution < -0.4 is 0 Å². The first-order chi connectivity index (χ1) is 10.9. The van der Waals surface area contributed by atoms with Crippen molar-refractivity contribution in [2.24, 2.45) is 0 Å². The lowest BCUT2D eigenvalue weighted by Gasteiger charge is -2.27. The van der Waals surface area contributed by atoms with Gasteiger partial charge in [0.1, 0.15) is 0 Å². The predicted molar refractivity (Wildman–Crippen MR) is 85.2 cm³/mol. The third-order valence-electron chi connectivity index (χ3n) is 3.60. The topological polar surface area (TPSA) is 87.4 Å². The highest BCUT2D eigenvalue weighted by Gasteiger charge is 2.29. The second-order valence-corrected chi connectivity index (χ2v) is 7.06. The van der Waals surface area contributed by atoms with Crippen LogP contribution in [0.1, 0.15) is 18.1 Å². The first-order valence-electron chi connectivity index (χ1n) is 6.97. The van der Waals surface area contributed by atoms with E-state index in [9.17, 15) is 13.5 Å². The molecule has 0 saturated carbocycles. The first-order valence-corrected chi connectivity index (χ1v) is 8.38. The number of nitrogens with zero attached hydrogens (tertiary/aromatic N) is 1. The average Bonchev–Trinajstić information content (AvgIpc) is 2.60. The maximum Gasteiger partial charge on any atom is 0.297 e. The number of aliphatic hydroxyl groups is 1. The van der Waals surface area contributed by atoms with Crippen LogP contribution in [0, 0.1) is 11.3 Å². The van der Waals surface area contributed by atoms with Crippen LogP contribution in [0.5, 0.6) is 0 Å². The molecule has 0 aliphatic carbocycles. The Hall–Kier alpha value is -2.20. The number of rotatable bonds is 6. The highest BCUT2D eigenvalue weighted by atomic mass is 32.2. The standard InChI is InChI=1S/C17H17NO4S/c1-17(12-19,15-7-3-2-4-8-15)13-22-23(20,21)16-9-5-6-14(10-16)11-18/h2-10,19H,12-13H2,1H3/t17-/m1/s1. The molecule has 2 aromatic carbocycles. The summed E-state index contributed by atoms with van der Waals surface area (Å²) in [5.74, 6) is 0. The van der Waals surface area contributed by atoms with Crippen LogP contribution in [0.25, 0.3) is 0 Å². The lowest BCUT2D eigenvalue weighted by atomic mass is 9.84. The Balaban J connectivity index is 2.22. The van der Waals surface area contributed by atoms with Crippen molar-refractivity contribution in [2.75, 3.05) is 13.2 Å². The molecular weight excluding hydrogens is 314 g/mol. The molecule has 5 nitrogen and oxygen atoms in total. The SMILES string of the molecule is C[C@@](CO)(COS(=O)(=O)c1cccc(C#N)c1)c1ccccc1. The van der Waals surface area contributed by atoms with Crippen molar-refractivity contribution < 1.29 is 17.7 Å². The molecule has 0 amide bonds. The molecule has 0 aliphatic heterocycles. The molecule has 0 saturated heterocycles. The van der Waals surface area contributed by atoms with Gasteiger partial charge in [-0.25, -0.2) is 0 Å². The van der Waals surface area contributed by atoms with E-state index in [1.165, 1.54) is 24.3 Å². The molecule has 1 atom stereocenters. The van der Waals surface area contributed by atoms with E-state index in [1.54, 1.807) is 6.92 Å². The average molecular weight is 331 g/mol. The van der Waals surface area contributed by atoms with Crippen molar-refractivity contribution in [3.05, 3.63) is 65.7 Å². The minimum Gasteiger partial charge on any atom is -0.395 e. The Bertz CT molecular complexity index is 812. The molecule has 2 rings (SSSR count). The van der Waals surface area contributed by atoms with E-state index in [1.807, 2.05) is 36.4 Å². The van der Waals surface area contributed by atoms with Crippen molar-refractivity contribution >= 4 is 10.1 Å². The Labute approximate surface area is 135 Å². The fraction of sp³-hybridized carbons (Fsp3) is 0.235. The van der Waals surface area contributed by atoms with Gasteiger partial charge < -0.3 is 5.11 Å². The number of aliphatic hydroxyl groups excluding tert-OH is 1. The van der Waals surface area contributed by atoms with Gasteiger partial charge in [-0.15, -0.1) is 0 Å². The van der Waals surface area contributed by atoms with Crippen molar-refractivity contribution in [1.82, 2.24) is 0 Å². The van der Waals surface area contributed by atoms with Crippen LogP contribution in [0.15, 0.2) is 59.5 Å². The van der Waals surface area contributed by atoms with Gasteiger partial charge in [0.15, 0.2) is 0 Å². The van der Waals surface area contributed by atoms with Crippen LogP contribution >= 0.6 is 0 Å². The first kappa shape index (κ1) is 17.2. The van der Waals surface area contributed by atoms with E-state index in [0.717, 1.165) is 5.56 Å². The van der Waals surface area contributed by atoms with E-state index in [2.05, 4.69) is 0 Å². The minimum atomic E-state index is -4.01. The molecule has 120 valence electrons. The number of hydrogen-bond donors (Lipinski definition) is 1. The molecule has 0 bridgehead atoms. The maximum absolute atomic E-state index is 12.3. The summed E-state index contributed by atoms with van der Waals surface area (Å²) in [5.41, 5.74) is 0.174. The third-order valence-corrected chi connectivity index (χ3v) is 4.86. The maximum atomic E-state index is 12.3. The van der Waals surface area contributed by atoms with Gasteiger partial charge in [0.25, 0.3) is 10.1 Å². The van der Waals surface area contributed by atoms with Crippen molar-refractivity contribution in [2.45, 2.75) is 17.2 Å². The summed E-state index contributed by atoms with van der Waals surface area (Å²) < 4.78 is 29.7. The van der Waals surface area contributed by atoms with Gasteiger partial charge in [-0.2, -0.15) is 13.7 Å². The molecule has 0 fully saturated rings. The number of benzene rings is 2. The second-order valence-electron chi connectivity index (χ2n) is 5.44. The molecular formula is C17H17NO4S. The van der Waals surface area contributed by atoms with Crippen LogP contribution in [0.4, 0.5) is 0 Å². The fourth-order valence-electron chi connectivity index (χ4n) is 2.06. The van der Waals surface area contributed by atoms with Gasteiger partial charge in [0.2, 0.25) is 0 Å². The zero-order chi connectivity index (χ0) is 16.9. The molecule has 2 aromatic rings. The van der Waals surface area contributed by atoms with Gasteiger partial charge in [0, 0.05) is 5.41 Å². The van der Waals surface area contributed by atoms with E-state index in [4.69, 9.17) is 9.44 Å². The monoisotopic (exact) mass is 331 g/mol. The molecule has 0 radical (unpaired) electrons. The van der Waals surface area contributed by atoms with Crippen molar-refractivity contribution in [1.29, 1.82) is 5.26 Å². The normalized spacial score (nSPS) is 14.0. The third kappa shape index (κ3) is 3.96. The van der Waals surface area contributed by atoms with E-state index < -0.39 is 15.5 Å². The van der Waals surface area contributed by atoms with Crippen LogP contribution in [0.3, 0.4) is 0 Å². The van der Waals surface area contributed by atoms with Crippen LogP contribution in [-0.2, 0) is 19.7 Å². The quantitative estimate of drug-likeness (QED) is 0.820. The summed E-state index contributed by atoms with van der Waals surface area (Å²) in [5, 5.41) is 18.5. The summed E-state index contributed by atoms with van der Waals surface area (Å²) >= 11 is 0. The van der Waals surface area contributed by atoms with Crippen molar-refractivity contribution in [3.8, 4) is 6.07 Å². The fourth-order valence-corrected chi connectivity index (χ4v) is 3.13. The highest BCUT2D eigenvalue weighted by molar-refractivity contribution is 7.86. The van der Waals surface area contributed by atoms with Gasteiger partial charge in [-0.1, -0.05) is 43.3 Å². The predicted octanol–water partition coefficient (Wildman–Crippen LogP) is 2.21. The summed E-state index contributed by atoms with van der Waals surface area (Å²) in [6.07, 6.45) is 0. The van der Waals surface area contributed by atoms with Crippen LogP contribution in [0.2, 0.25) is 0 Å². The molecule has 23 heavy (non-hydrogen) atoms. The summed E-state index contributed by atoms with van der Waals surface area (Å²) in [7, 11) is -4.01. The Morgan fingerprint density at radius 1 is 1.17 bits per heavy atom. The van der Waals surface area contributed by atoms with Crippen LogP contribution in [-0.4, -0.2) is 26.7 Å². The van der Waals surface area contributed by atoms with E-state index in [0.29, 0.717) is 0 Å². The molecule has 6 heteroatoms. The largest absolute Gasteiger partial charge is 0.395 e. The second kappa shape index (κ2) is 6.92. The molecule has 0 aromatic heterocycles. The molecule has 0 aliphatic rings. The summed E-state index contributed by atoms with van der Waals surface area (Å²) in [6.45, 7) is 1.26. The van der Waals surface area contributed by atoms with Crippen molar-refractivity contribution in [3.63, 3.8) is 0 Å². The zero-order valence-electron chi connectivity index (χ0n) is 12.6. The minimum absolute atomic E-state index is 0.0788. The van der Waals surface area contributed by atoms with Gasteiger partial charge in [-0.05, 0) is 23.8 Å². The van der Waals surface area contributed by atoms with E-state index >= 15 is 0 Å². The number of hydrogen-bond acceptors (Lipinski definition) is 5. The van der Waals surface area contributed by atoms with Gasteiger partial charge in [-0.3, -0.25) is 4.18 Å². The zero-order valence-corrected chi connectivity index (χ0v) is 13.5. The number of nitriles is 1. The summed E-state index contributed by atoms with van der Waals surface area (Å²) in [6, 6.07) is 16.6. The Morgan fingerprint density at radius 3 is 2.48 bits per heavy atom. The van der Waals surface area contributed by atoms with Gasteiger partial charge in [0.05, 0.1) is 29.7 Å². The lowest BCUT2D eigenvalue weighted by molar-refractivity contribution is 0.145. The Kier molecular flexibility index (Phi) is 5.16. The highest BCUT2D eigenvalue weighted by Crippen LogP contribution is 2.25. The molecule has 1 N–H and O–H groups in total. The van der Waals surface area contributed by atoms with Gasteiger partial charge >= 0.3 is 0 Å².